The molecule has 0 saturated heterocycles. The second-order valence-electron chi connectivity index (χ2n) is 7.27. The average molecular weight is 398 g/mol. The minimum atomic E-state index is -0.101. The third-order valence-electron chi connectivity index (χ3n) is 5.36. The monoisotopic (exact) mass is 398 g/mol. The molecule has 0 radical (unpaired) electrons. The Morgan fingerprint density at radius 1 is 0.967 bits per heavy atom. The lowest BCUT2D eigenvalue weighted by Crippen LogP contribution is -2.39. The Morgan fingerprint density at radius 2 is 1.77 bits per heavy atom. The first-order chi connectivity index (χ1) is 14.8. The van der Waals surface area contributed by atoms with Gasteiger partial charge in [-0.05, 0) is 41.5 Å². The summed E-state index contributed by atoms with van der Waals surface area (Å²) < 4.78 is 5.95. The zero-order valence-electron chi connectivity index (χ0n) is 16.6. The Hall–Kier alpha value is -3.71. The van der Waals surface area contributed by atoms with Crippen molar-refractivity contribution < 1.29 is 4.74 Å². The van der Waals surface area contributed by atoms with E-state index in [1.165, 1.54) is 5.56 Å². The minimum Gasteiger partial charge on any atom is -0.471 e. The molecule has 1 aromatic heterocycles. The van der Waals surface area contributed by atoms with Crippen LogP contribution in [0.25, 0.3) is 11.4 Å². The van der Waals surface area contributed by atoms with E-state index in [0.29, 0.717) is 12.6 Å². The summed E-state index contributed by atoms with van der Waals surface area (Å²) in [5.41, 5.74) is 4.31. The van der Waals surface area contributed by atoms with Gasteiger partial charge in [-0.15, -0.1) is 10.2 Å². The van der Waals surface area contributed by atoms with E-state index in [9.17, 15) is 0 Å². The fourth-order valence-corrected chi connectivity index (χ4v) is 3.81. The smallest absolute Gasteiger partial charge is 0.204 e. The first-order valence-electron chi connectivity index (χ1n) is 9.93. The van der Waals surface area contributed by atoms with Crippen LogP contribution in [0.1, 0.15) is 30.3 Å². The highest BCUT2D eigenvalue weighted by molar-refractivity contribution is 5.63. The summed E-state index contributed by atoms with van der Waals surface area (Å²) >= 11 is 0. The van der Waals surface area contributed by atoms with Gasteiger partial charge >= 0.3 is 0 Å². The van der Waals surface area contributed by atoms with E-state index in [2.05, 4.69) is 80.2 Å². The highest BCUT2D eigenvalue weighted by atomic mass is 16.5. The molecule has 30 heavy (non-hydrogen) atoms. The van der Waals surface area contributed by atoms with Crippen molar-refractivity contribution in [2.75, 3.05) is 11.6 Å². The Morgan fingerprint density at radius 3 is 2.60 bits per heavy atom. The molecule has 3 aromatic carbocycles. The fraction of sp³-hybridized carbons (Fsp3) is 0.174. The highest BCUT2D eigenvalue weighted by Gasteiger charge is 2.29. The van der Waals surface area contributed by atoms with Crippen LogP contribution in [0.5, 0.6) is 5.75 Å². The van der Waals surface area contributed by atoms with Crippen molar-refractivity contribution in [1.29, 1.82) is 0 Å². The summed E-state index contributed by atoms with van der Waals surface area (Å²) in [4.78, 5) is 2.24. The second-order valence-corrected chi connectivity index (χ2v) is 7.27. The number of hydrogen-bond acceptors (Lipinski definition) is 6. The Balaban J connectivity index is 1.53. The van der Waals surface area contributed by atoms with Crippen molar-refractivity contribution in [1.82, 2.24) is 25.9 Å². The number of tetrazole rings is 1. The molecule has 7 heteroatoms. The average Bonchev–Trinajstić information content (AvgIpc) is 3.48. The van der Waals surface area contributed by atoms with Crippen molar-refractivity contribution in [2.45, 2.75) is 19.1 Å². The SMILES string of the molecule is CC(NC(c1cccc(-c2nn[nH]n2)c1)N1COc2ccccc21)c1ccccc1. The number of rotatable bonds is 6. The van der Waals surface area contributed by atoms with Gasteiger partial charge in [-0.3, -0.25) is 5.32 Å². The van der Waals surface area contributed by atoms with Gasteiger partial charge in [0.1, 0.15) is 11.9 Å². The van der Waals surface area contributed by atoms with Crippen molar-refractivity contribution in [3.63, 3.8) is 0 Å². The van der Waals surface area contributed by atoms with Gasteiger partial charge in [0.2, 0.25) is 5.82 Å². The highest BCUT2D eigenvalue weighted by Crippen LogP contribution is 2.39. The van der Waals surface area contributed by atoms with Crippen molar-refractivity contribution in [2.24, 2.45) is 0 Å². The van der Waals surface area contributed by atoms with E-state index in [1.54, 1.807) is 0 Å². The molecule has 2 unspecified atom stereocenters. The van der Waals surface area contributed by atoms with Crippen LogP contribution < -0.4 is 15.0 Å². The number of anilines is 1. The van der Waals surface area contributed by atoms with Gasteiger partial charge in [-0.1, -0.05) is 60.7 Å². The first-order valence-corrected chi connectivity index (χ1v) is 9.93. The maximum Gasteiger partial charge on any atom is 0.204 e. The molecule has 0 amide bonds. The third-order valence-corrected chi connectivity index (χ3v) is 5.36. The predicted molar refractivity (Wildman–Crippen MR) is 115 cm³/mol. The predicted octanol–water partition coefficient (Wildman–Crippen LogP) is 4.07. The molecule has 150 valence electrons. The molecular weight excluding hydrogens is 376 g/mol. The Bertz CT molecular complexity index is 1120. The topological polar surface area (TPSA) is 79.0 Å². The molecule has 2 heterocycles. The van der Waals surface area contributed by atoms with Gasteiger partial charge in [-0.2, -0.15) is 5.21 Å². The third kappa shape index (κ3) is 3.51. The van der Waals surface area contributed by atoms with Gasteiger partial charge in [0.25, 0.3) is 0 Å². The Labute approximate surface area is 174 Å². The summed E-state index contributed by atoms with van der Waals surface area (Å²) in [5.74, 6) is 1.47. The van der Waals surface area contributed by atoms with Crippen LogP contribution in [-0.4, -0.2) is 27.4 Å². The molecule has 5 rings (SSSR count). The molecule has 0 spiro atoms. The minimum absolute atomic E-state index is 0.101. The maximum atomic E-state index is 5.95. The van der Waals surface area contributed by atoms with Crippen molar-refractivity contribution in [3.8, 4) is 17.1 Å². The summed E-state index contributed by atoms with van der Waals surface area (Å²) in [7, 11) is 0. The lowest BCUT2D eigenvalue weighted by atomic mass is 10.0. The van der Waals surface area contributed by atoms with E-state index >= 15 is 0 Å². The second kappa shape index (κ2) is 7.96. The molecule has 0 aliphatic carbocycles. The number of aromatic amines is 1. The maximum absolute atomic E-state index is 5.95. The molecule has 0 fully saturated rings. The van der Waals surface area contributed by atoms with Crippen LogP contribution in [-0.2, 0) is 0 Å². The fourth-order valence-electron chi connectivity index (χ4n) is 3.81. The quantitative estimate of drug-likeness (QED) is 0.510. The summed E-state index contributed by atoms with van der Waals surface area (Å²) in [6.45, 7) is 2.65. The van der Waals surface area contributed by atoms with Gasteiger partial charge in [0.15, 0.2) is 6.73 Å². The Kier molecular flexibility index (Phi) is 4.86. The van der Waals surface area contributed by atoms with E-state index in [4.69, 9.17) is 4.74 Å². The van der Waals surface area contributed by atoms with E-state index in [1.807, 2.05) is 36.4 Å². The lowest BCUT2D eigenvalue weighted by Gasteiger charge is -2.32. The number of H-pyrrole nitrogens is 1. The zero-order chi connectivity index (χ0) is 20.3. The number of hydrogen-bond donors (Lipinski definition) is 2. The molecule has 0 bridgehead atoms. The number of benzene rings is 3. The molecule has 1 aliphatic heterocycles. The number of ether oxygens (including phenoxy) is 1. The van der Waals surface area contributed by atoms with E-state index < -0.39 is 0 Å². The first kappa shape index (κ1) is 18.3. The molecule has 4 aromatic rings. The normalized spacial score (nSPS) is 14.8. The zero-order valence-corrected chi connectivity index (χ0v) is 16.6. The largest absolute Gasteiger partial charge is 0.471 e. The van der Waals surface area contributed by atoms with Crippen molar-refractivity contribution in [3.05, 3.63) is 90.0 Å². The van der Waals surface area contributed by atoms with Gasteiger partial charge in [0.05, 0.1) is 5.69 Å². The van der Waals surface area contributed by atoms with E-state index in [0.717, 1.165) is 22.6 Å². The van der Waals surface area contributed by atoms with Gasteiger partial charge in [0, 0.05) is 11.6 Å². The molecule has 1 aliphatic rings. The molecular formula is C23H22N6O. The van der Waals surface area contributed by atoms with Crippen LogP contribution in [0.2, 0.25) is 0 Å². The van der Waals surface area contributed by atoms with Crippen LogP contribution in [0.3, 0.4) is 0 Å². The van der Waals surface area contributed by atoms with Crippen LogP contribution >= 0.6 is 0 Å². The number of aromatic nitrogens is 4. The van der Waals surface area contributed by atoms with Crippen LogP contribution in [0, 0.1) is 0 Å². The summed E-state index contributed by atoms with van der Waals surface area (Å²) in [5, 5.41) is 18.2. The van der Waals surface area contributed by atoms with Gasteiger partial charge < -0.3 is 9.64 Å². The van der Waals surface area contributed by atoms with Crippen LogP contribution in [0.4, 0.5) is 5.69 Å². The number of fused-ring (bicyclic) bond motifs is 1. The van der Waals surface area contributed by atoms with Crippen molar-refractivity contribution >= 4 is 5.69 Å². The molecule has 2 atom stereocenters. The van der Waals surface area contributed by atoms with Gasteiger partial charge in [-0.25, -0.2) is 0 Å². The van der Waals surface area contributed by atoms with Crippen LogP contribution in [0.15, 0.2) is 78.9 Å². The number of nitrogens with one attached hydrogen (secondary N) is 2. The number of para-hydroxylation sites is 2. The molecule has 7 nitrogen and oxygen atoms in total. The standard InChI is InChI=1S/C23H22N6O/c1-16(17-8-3-2-4-9-17)24-23(29-15-30-21-13-6-5-12-20(21)29)19-11-7-10-18(14-19)22-25-27-28-26-22/h2-14,16,23-24H,15H2,1H3,(H,25,26,27,28). The molecule has 2 N–H and O–H groups in total. The lowest BCUT2D eigenvalue weighted by molar-refractivity contribution is 0.316. The van der Waals surface area contributed by atoms with E-state index in [-0.39, 0.29) is 12.2 Å². The summed E-state index contributed by atoms with van der Waals surface area (Å²) in [6.07, 6.45) is -0.101. The molecule has 0 saturated carbocycles. The summed E-state index contributed by atoms with van der Waals surface area (Å²) in [6, 6.07) is 26.9. The number of nitrogens with zero attached hydrogens (tertiary/aromatic N) is 4.